The first kappa shape index (κ1) is 17.6. The van der Waals surface area contributed by atoms with Gasteiger partial charge in [-0.15, -0.1) is 0 Å². The summed E-state index contributed by atoms with van der Waals surface area (Å²) in [6.45, 7) is 4.80. The molecule has 1 aliphatic heterocycles. The van der Waals surface area contributed by atoms with Gasteiger partial charge in [-0.25, -0.2) is 0 Å². The van der Waals surface area contributed by atoms with E-state index < -0.39 is 0 Å². The highest BCUT2D eigenvalue weighted by Gasteiger charge is 2.29. The normalized spacial score (nSPS) is 17.0. The second kappa shape index (κ2) is 7.10. The minimum Gasteiger partial charge on any atom is -0.497 e. The molecule has 1 N–H and O–H groups in total. The Morgan fingerprint density at radius 1 is 1.07 bits per heavy atom. The van der Waals surface area contributed by atoms with Gasteiger partial charge in [-0.1, -0.05) is 0 Å². The number of nitrogens with zero attached hydrogens (tertiary/aromatic N) is 2. The number of anilines is 1. The van der Waals surface area contributed by atoms with Crippen LogP contribution in [-0.4, -0.2) is 54.9 Å². The van der Waals surface area contributed by atoms with Crippen LogP contribution < -0.4 is 9.64 Å². The molecule has 27 heavy (non-hydrogen) atoms. The Morgan fingerprint density at radius 2 is 1.78 bits per heavy atom. The van der Waals surface area contributed by atoms with Gasteiger partial charge in [-0.05, 0) is 49.6 Å². The van der Waals surface area contributed by atoms with Gasteiger partial charge in [0.05, 0.1) is 7.11 Å². The molecule has 1 aromatic carbocycles. The average molecular weight is 367 g/mol. The summed E-state index contributed by atoms with van der Waals surface area (Å²) < 4.78 is 5.21. The smallest absolute Gasteiger partial charge is 0.270 e. The fraction of sp³-hybridized carbons (Fsp3) is 0.429. The van der Waals surface area contributed by atoms with Crippen molar-refractivity contribution in [2.75, 3.05) is 38.2 Å². The van der Waals surface area contributed by atoms with Crippen LogP contribution in [0.25, 0.3) is 0 Å². The molecule has 0 spiro atoms. The number of H-pyrrole nitrogens is 1. The van der Waals surface area contributed by atoms with E-state index in [0.29, 0.717) is 25.2 Å². The van der Waals surface area contributed by atoms with Crippen LogP contribution in [0.2, 0.25) is 0 Å². The molecule has 6 heteroatoms. The minimum atomic E-state index is 0.00378. The Kier molecular flexibility index (Phi) is 4.64. The van der Waals surface area contributed by atoms with Gasteiger partial charge < -0.3 is 19.5 Å². The van der Waals surface area contributed by atoms with Crippen LogP contribution in [0.5, 0.6) is 5.75 Å². The second-order valence-corrected chi connectivity index (χ2v) is 7.23. The van der Waals surface area contributed by atoms with Crippen LogP contribution in [0.4, 0.5) is 5.69 Å². The van der Waals surface area contributed by atoms with E-state index in [1.54, 1.807) is 7.11 Å². The van der Waals surface area contributed by atoms with E-state index in [9.17, 15) is 9.59 Å². The molecule has 6 nitrogen and oxygen atoms in total. The molecular formula is C21H25N3O3. The van der Waals surface area contributed by atoms with Crippen molar-refractivity contribution < 1.29 is 14.3 Å². The first-order valence-corrected chi connectivity index (χ1v) is 9.51. The number of ketones is 1. The van der Waals surface area contributed by atoms with Crippen molar-refractivity contribution in [2.45, 2.75) is 26.2 Å². The number of piperazine rings is 1. The van der Waals surface area contributed by atoms with Gasteiger partial charge in [0.2, 0.25) is 0 Å². The molecule has 1 aliphatic carbocycles. The molecule has 2 aromatic rings. The monoisotopic (exact) mass is 367 g/mol. The van der Waals surface area contributed by atoms with Gasteiger partial charge in [0.15, 0.2) is 5.78 Å². The number of hydrogen-bond acceptors (Lipinski definition) is 4. The molecule has 1 saturated heterocycles. The van der Waals surface area contributed by atoms with Gasteiger partial charge in [0.1, 0.15) is 11.4 Å². The molecule has 2 heterocycles. The molecule has 0 radical (unpaired) electrons. The first-order valence-electron chi connectivity index (χ1n) is 9.51. The molecule has 0 bridgehead atoms. The van der Waals surface area contributed by atoms with E-state index in [4.69, 9.17) is 4.74 Å². The van der Waals surface area contributed by atoms with E-state index in [2.05, 4.69) is 9.88 Å². The van der Waals surface area contributed by atoms with Crippen LogP contribution in [-0.2, 0) is 6.42 Å². The van der Waals surface area contributed by atoms with Crippen molar-refractivity contribution in [2.24, 2.45) is 0 Å². The molecule has 2 aliphatic rings. The Bertz CT molecular complexity index is 862. The summed E-state index contributed by atoms with van der Waals surface area (Å²) in [6, 6.07) is 8.00. The first-order chi connectivity index (χ1) is 13.1. The predicted octanol–water partition coefficient (Wildman–Crippen LogP) is 2.81. The molecule has 0 atom stereocenters. The summed E-state index contributed by atoms with van der Waals surface area (Å²) in [6.07, 6.45) is 2.29. The van der Waals surface area contributed by atoms with Crippen LogP contribution >= 0.6 is 0 Å². The van der Waals surface area contributed by atoms with Gasteiger partial charge in [-0.3, -0.25) is 9.59 Å². The summed E-state index contributed by atoms with van der Waals surface area (Å²) in [5.74, 6) is 1.01. The number of methoxy groups -OCH3 is 1. The highest BCUT2D eigenvalue weighted by molar-refractivity contribution is 6.04. The maximum Gasteiger partial charge on any atom is 0.270 e. The lowest BCUT2D eigenvalue weighted by atomic mass is 9.93. The summed E-state index contributed by atoms with van der Waals surface area (Å²) in [4.78, 5) is 32.6. The zero-order valence-corrected chi connectivity index (χ0v) is 15.9. The lowest BCUT2D eigenvalue weighted by Gasteiger charge is -2.36. The second-order valence-electron chi connectivity index (χ2n) is 7.23. The van der Waals surface area contributed by atoms with Crippen molar-refractivity contribution in [3.63, 3.8) is 0 Å². The highest BCUT2D eigenvalue weighted by atomic mass is 16.5. The number of benzene rings is 1. The van der Waals surface area contributed by atoms with Crippen molar-refractivity contribution in [3.05, 3.63) is 46.8 Å². The largest absolute Gasteiger partial charge is 0.497 e. The molecule has 1 aromatic heterocycles. The Labute approximate surface area is 159 Å². The molecular weight excluding hydrogens is 342 g/mol. The Balaban J connectivity index is 1.45. The lowest BCUT2D eigenvalue weighted by Crippen LogP contribution is -2.49. The number of fused-ring (bicyclic) bond motifs is 1. The number of rotatable bonds is 3. The van der Waals surface area contributed by atoms with E-state index >= 15 is 0 Å². The zero-order valence-electron chi connectivity index (χ0n) is 15.9. The van der Waals surface area contributed by atoms with Crippen LogP contribution in [0.3, 0.4) is 0 Å². The third kappa shape index (κ3) is 3.20. The van der Waals surface area contributed by atoms with Gasteiger partial charge in [-0.2, -0.15) is 0 Å². The van der Waals surface area contributed by atoms with Crippen molar-refractivity contribution in [3.8, 4) is 5.75 Å². The van der Waals surface area contributed by atoms with Crippen molar-refractivity contribution >= 4 is 17.4 Å². The Morgan fingerprint density at radius 3 is 2.41 bits per heavy atom. The third-order valence-electron chi connectivity index (χ3n) is 5.66. The SMILES string of the molecule is COc1ccc(N2CCN(C(=O)c3[nH]c4c(c3C)C(=O)CCC4)CC2)cc1. The predicted molar refractivity (Wildman–Crippen MR) is 104 cm³/mol. The van der Waals surface area contributed by atoms with E-state index in [0.717, 1.165) is 54.2 Å². The van der Waals surface area contributed by atoms with Crippen LogP contribution in [0.1, 0.15) is 44.9 Å². The fourth-order valence-electron chi connectivity index (χ4n) is 4.11. The number of Topliss-reactive ketones (excluding diaryl/α,β-unsaturated/α-hetero) is 1. The number of carbonyl (C=O) groups excluding carboxylic acids is 2. The molecule has 1 amide bonds. The molecule has 4 rings (SSSR count). The van der Waals surface area contributed by atoms with Gasteiger partial charge >= 0.3 is 0 Å². The summed E-state index contributed by atoms with van der Waals surface area (Å²) in [5.41, 5.74) is 4.23. The maximum atomic E-state index is 13.0. The quantitative estimate of drug-likeness (QED) is 0.906. The lowest BCUT2D eigenvalue weighted by molar-refractivity contribution is 0.0740. The molecule has 0 saturated carbocycles. The van der Waals surface area contributed by atoms with Crippen LogP contribution in [0, 0.1) is 6.92 Å². The third-order valence-corrected chi connectivity index (χ3v) is 5.66. The number of nitrogens with one attached hydrogen (secondary N) is 1. The number of aromatic amines is 1. The Hall–Kier alpha value is -2.76. The van der Waals surface area contributed by atoms with E-state index in [1.807, 2.05) is 36.1 Å². The number of amides is 1. The summed E-state index contributed by atoms with van der Waals surface area (Å²) in [5, 5.41) is 0. The molecule has 1 fully saturated rings. The fourth-order valence-corrected chi connectivity index (χ4v) is 4.11. The van der Waals surface area contributed by atoms with E-state index in [1.165, 1.54) is 0 Å². The standard InChI is InChI=1S/C21H25N3O3/c1-14-19-17(4-3-5-18(19)25)22-20(14)21(26)24-12-10-23(11-13-24)15-6-8-16(27-2)9-7-15/h6-9,22H,3-5,10-13H2,1-2H3. The average Bonchev–Trinajstić information content (AvgIpc) is 3.05. The summed E-state index contributed by atoms with van der Waals surface area (Å²) >= 11 is 0. The van der Waals surface area contributed by atoms with Crippen molar-refractivity contribution in [1.82, 2.24) is 9.88 Å². The number of hydrogen-bond donors (Lipinski definition) is 1. The number of aromatic nitrogens is 1. The number of carbonyl (C=O) groups is 2. The highest BCUT2D eigenvalue weighted by Crippen LogP contribution is 2.28. The zero-order chi connectivity index (χ0) is 19.0. The van der Waals surface area contributed by atoms with Crippen molar-refractivity contribution in [1.29, 1.82) is 0 Å². The molecule has 0 unspecified atom stereocenters. The number of aryl methyl sites for hydroxylation is 1. The number of ether oxygens (including phenoxy) is 1. The van der Waals surface area contributed by atoms with Crippen LogP contribution in [0.15, 0.2) is 24.3 Å². The van der Waals surface area contributed by atoms with Gasteiger partial charge in [0.25, 0.3) is 5.91 Å². The van der Waals surface area contributed by atoms with Gasteiger partial charge in [0, 0.05) is 49.5 Å². The molecule has 142 valence electrons. The topological polar surface area (TPSA) is 65.6 Å². The van der Waals surface area contributed by atoms with E-state index in [-0.39, 0.29) is 11.7 Å². The minimum absolute atomic E-state index is 0.00378. The summed E-state index contributed by atoms with van der Waals surface area (Å²) in [7, 11) is 1.66. The maximum absolute atomic E-state index is 13.0.